The number of halogens is 2. The van der Waals surface area contributed by atoms with Crippen molar-refractivity contribution in [3.05, 3.63) is 29.8 Å². The molecule has 0 heterocycles. The Bertz CT molecular complexity index is 833. The molecule has 7 nitrogen and oxygen atoms in total. The van der Waals surface area contributed by atoms with Crippen LogP contribution in [0.3, 0.4) is 0 Å². The maximum Gasteiger partial charge on any atom is 0.390 e. The Labute approximate surface area is 152 Å². The van der Waals surface area contributed by atoms with E-state index >= 15 is 0 Å². The highest BCUT2D eigenvalue weighted by atomic mass is 32.2. The van der Waals surface area contributed by atoms with Crippen LogP contribution in [0.2, 0.25) is 0 Å². The van der Waals surface area contributed by atoms with Gasteiger partial charge in [0.1, 0.15) is 5.75 Å². The van der Waals surface area contributed by atoms with Gasteiger partial charge in [0.25, 0.3) is 0 Å². The predicted molar refractivity (Wildman–Crippen MR) is 93.7 cm³/mol. The zero-order valence-corrected chi connectivity index (χ0v) is 16.2. The Morgan fingerprint density at radius 3 is 2.15 bits per heavy atom. The van der Waals surface area contributed by atoms with E-state index in [-0.39, 0.29) is 12.0 Å². The van der Waals surface area contributed by atoms with Crippen molar-refractivity contribution in [3.63, 3.8) is 0 Å². The lowest BCUT2D eigenvalue weighted by Crippen LogP contribution is -2.38. The van der Waals surface area contributed by atoms with Crippen LogP contribution >= 0.6 is 0 Å². The smallest absolute Gasteiger partial charge is 0.390 e. The largest absolute Gasteiger partial charge is 0.497 e. The van der Waals surface area contributed by atoms with E-state index in [9.17, 15) is 25.6 Å². The summed E-state index contributed by atoms with van der Waals surface area (Å²) in [4.78, 5) is 0. The third kappa shape index (κ3) is 5.90. The minimum atomic E-state index is -4.92. The first-order valence-electron chi connectivity index (χ1n) is 7.66. The van der Waals surface area contributed by atoms with Crippen molar-refractivity contribution in [2.45, 2.75) is 31.4 Å². The molecule has 0 saturated heterocycles. The number of sulfone groups is 1. The lowest BCUT2D eigenvalue weighted by atomic mass is 10.1. The zero-order chi connectivity index (χ0) is 20.0. The van der Waals surface area contributed by atoms with Gasteiger partial charge in [-0.05, 0) is 30.7 Å². The van der Waals surface area contributed by atoms with Gasteiger partial charge in [-0.15, -0.1) is 0 Å². The maximum atomic E-state index is 14.3. The summed E-state index contributed by atoms with van der Waals surface area (Å²) in [5.74, 6) is -0.0751. The Kier molecular flexibility index (Phi) is 7.51. The molecule has 0 unspecified atom stereocenters. The first kappa shape index (κ1) is 22.3. The second-order valence-corrected chi connectivity index (χ2v) is 9.23. The number of benzene rings is 1. The van der Waals surface area contributed by atoms with Crippen LogP contribution in [0.1, 0.15) is 31.7 Å². The first-order chi connectivity index (χ1) is 11.9. The minimum absolute atomic E-state index is 0.273. The Balaban J connectivity index is 3.28. The van der Waals surface area contributed by atoms with E-state index in [1.165, 1.54) is 19.2 Å². The molecule has 1 aromatic rings. The molecule has 0 atom stereocenters. The van der Waals surface area contributed by atoms with E-state index in [1.807, 2.05) is 6.92 Å². The quantitative estimate of drug-likeness (QED) is 0.332. The lowest BCUT2D eigenvalue weighted by molar-refractivity contribution is 0.165. The number of nitrogens with zero attached hydrogens (tertiary/aromatic N) is 1. The van der Waals surface area contributed by atoms with Crippen LogP contribution in [0, 0.1) is 0 Å². The van der Waals surface area contributed by atoms with Gasteiger partial charge in [-0.3, -0.25) is 4.28 Å². The number of ether oxygens (including phenoxy) is 1. The van der Waals surface area contributed by atoms with Crippen molar-refractivity contribution >= 4 is 25.7 Å². The molecule has 0 amide bonds. The fourth-order valence-electron chi connectivity index (χ4n) is 1.86. The van der Waals surface area contributed by atoms with Gasteiger partial charge in [0.2, 0.25) is 9.84 Å². The summed E-state index contributed by atoms with van der Waals surface area (Å²) in [7, 11) is -7.78. The third-order valence-electron chi connectivity index (χ3n) is 3.34. The van der Waals surface area contributed by atoms with Crippen molar-refractivity contribution in [1.29, 1.82) is 0 Å². The van der Waals surface area contributed by atoms with Gasteiger partial charge < -0.3 is 4.74 Å². The van der Waals surface area contributed by atoms with Crippen molar-refractivity contribution in [2.24, 2.45) is 5.16 Å². The molecule has 0 N–H and O–H groups in total. The van der Waals surface area contributed by atoms with Crippen LogP contribution in [0.4, 0.5) is 8.78 Å². The van der Waals surface area contributed by atoms with E-state index in [0.717, 1.165) is 18.6 Å². The SMILES string of the molecule is CCCCCS(=O)(=O)ON=C(c1ccc(OC)cc1)C(F)(F)S(C)(=O)=O. The van der Waals surface area contributed by atoms with Gasteiger partial charge in [0.15, 0.2) is 5.71 Å². The summed E-state index contributed by atoms with van der Waals surface area (Å²) < 4.78 is 84.3. The summed E-state index contributed by atoms with van der Waals surface area (Å²) in [6.45, 7) is 1.86. The molecule has 0 spiro atoms. The Hall–Kier alpha value is -1.75. The molecule has 0 aliphatic rings. The molecule has 0 fully saturated rings. The van der Waals surface area contributed by atoms with Crippen LogP contribution in [0.15, 0.2) is 29.4 Å². The van der Waals surface area contributed by atoms with Crippen LogP contribution in [0.25, 0.3) is 0 Å². The van der Waals surface area contributed by atoms with Gasteiger partial charge in [-0.1, -0.05) is 24.9 Å². The molecule has 0 bridgehead atoms. The van der Waals surface area contributed by atoms with Crippen LogP contribution in [-0.4, -0.2) is 46.9 Å². The summed E-state index contributed by atoms with van der Waals surface area (Å²) in [6, 6.07) is 4.87. The molecule has 0 aliphatic carbocycles. The Morgan fingerprint density at radius 2 is 1.69 bits per heavy atom. The van der Waals surface area contributed by atoms with Crippen molar-refractivity contribution in [3.8, 4) is 5.75 Å². The van der Waals surface area contributed by atoms with Crippen molar-refractivity contribution in [2.75, 3.05) is 19.1 Å². The zero-order valence-electron chi connectivity index (χ0n) is 14.6. The normalized spacial score (nSPS) is 13.5. The molecular formula is C15H21F2NO6S2. The van der Waals surface area contributed by atoms with Crippen LogP contribution in [0.5, 0.6) is 5.75 Å². The first-order valence-corrected chi connectivity index (χ1v) is 11.1. The van der Waals surface area contributed by atoms with Gasteiger partial charge in [0, 0.05) is 11.8 Å². The molecule has 0 radical (unpaired) electrons. The summed E-state index contributed by atoms with van der Waals surface area (Å²) in [6.07, 6.45) is 1.95. The van der Waals surface area contributed by atoms with Gasteiger partial charge in [-0.25, -0.2) is 8.42 Å². The molecular weight excluding hydrogens is 392 g/mol. The molecule has 11 heteroatoms. The number of unbranched alkanes of at least 4 members (excludes halogenated alkanes) is 2. The fourth-order valence-corrected chi connectivity index (χ4v) is 3.19. The topological polar surface area (TPSA) is 99.1 Å². The van der Waals surface area contributed by atoms with Crippen molar-refractivity contribution < 1.29 is 34.6 Å². The van der Waals surface area contributed by atoms with Gasteiger partial charge >= 0.3 is 15.4 Å². The van der Waals surface area contributed by atoms with E-state index in [1.54, 1.807) is 0 Å². The van der Waals surface area contributed by atoms with Crippen LogP contribution in [-0.2, 0) is 24.2 Å². The Morgan fingerprint density at radius 1 is 1.12 bits per heavy atom. The number of methoxy groups -OCH3 is 1. The standard InChI is InChI=1S/C15H21F2NO6S2/c1-4-5-6-11-26(21,22)24-18-14(15(16,17)25(3,19)20)12-7-9-13(23-2)10-8-12/h7-10H,4-6,11H2,1-3H3. The molecule has 1 aromatic carbocycles. The van der Waals surface area contributed by atoms with E-state index in [4.69, 9.17) is 4.74 Å². The lowest BCUT2D eigenvalue weighted by Gasteiger charge is -2.16. The average Bonchev–Trinajstić information content (AvgIpc) is 2.54. The van der Waals surface area contributed by atoms with Crippen molar-refractivity contribution in [1.82, 2.24) is 0 Å². The number of rotatable bonds is 10. The monoisotopic (exact) mass is 413 g/mol. The molecule has 0 aromatic heterocycles. The molecule has 0 aliphatic heterocycles. The van der Waals surface area contributed by atoms with E-state index in [2.05, 4.69) is 9.44 Å². The summed E-state index contributed by atoms with van der Waals surface area (Å²) in [5, 5.41) is -1.45. The highest BCUT2D eigenvalue weighted by Crippen LogP contribution is 2.28. The molecule has 148 valence electrons. The molecule has 1 rings (SSSR count). The van der Waals surface area contributed by atoms with E-state index < -0.39 is 36.7 Å². The average molecular weight is 413 g/mol. The third-order valence-corrected chi connectivity index (χ3v) is 5.56. The molecule has 0 saturated carbocycles. The highest BCUT2D eigenvalue weighted by Gasteiger charge is 2.48. The van der Waals surface area contributed by atoms with Gasteiger partial charge in [-0.2, -0.15) is 17.2 Å². The summed E-state index contributed by atoms with van der Waals surface area (Å²) in [5.41, 5.74) is -1.63. The maximum absolute atomic E-state index is 14.3. The highest BCUT2D eigenvalue weighted by molar-refractivity contribution is 7.92. The second-order valence-electron chi connectivity index (χ2n) is 5.50. The summed E-state index contributed by atoms with van der Waals surface area (Å²) >= 11 is 0. The number of hydrogen-bond donors (Lipinski definition) is 0. The number of oxime groups is 1. The number of alkyl halides is 2. The predicted octanol–water partition coefficient (Wildman–Crippen LogP) is 2.57. The minimum Gasteiger partial charge on any atom is -0.497 e. The van der Waals surface area contributed by atoms with Crippen LogP contribution < -0.4 is 4.74 Å². The second kappa shape index (κ2) is 8.76. The fraction of sp³-hybridized carbons (Fsp3) is 0.533. The molecule has 26 heavy (non-hydrogen) atoms. The van der Waals surface area contributed by atoms with E-state index in [0.29, 0.717) is 18.4 Å². The number of hydrogen-bond acceptors (Lipinski definition) is 7. The van der Waals surface area contributed by atoms with Gasteiger partial charge in [0.05, 0.1) is 12.9 Å².